The third-order valence-electron chi connectivity index (χ3n) is 1.95. The molecule has 2 heterocycles. The van der Waals surface area contributed by atoms with Crippen LogP contribution < -0.4 is 0 Å². The van der Waals surface area contributed by atoms with Crippen LogP contribution in [0.2, 0.25) is 0 Å². The number of rotatable bonds is 3. The highest BCUT2D eigenvalue weighted by Crippen LogP contribution is 2.25. The second-order valence-corrected chi connectivity index (χ2v) is 3.16. The first-order valence-corrected chi connectivity index (χ1v) is 4.71. The number of ether oxygens (including phenoxy) is 3. The van der Waals surface area contributed by atoms with Gasteiger partial charge in [0.2, 0.25) is 6.29 Å². The summed E-state index contributed by atoms with van der Waals surface area (Å²) in [7, 11) is 0. The molecule has 0 bridgehead atoms. The zero-order valence-electron chi connectivity index (χ0n) is 8.39. The second-order valence-electron chi connectivity index (χ2n) is 3.16. The molecule has 0 aliphatic carbocycles. The zero-order valence-corrected chi connectivity index (χ0v) is 8.39. The van der Waals surface area contributed by atoms with Crippen molar-refractivity contribution in [3.8, 4) is 0 Å². The minimum absolute atomic E-state index is 0.141. The van der Waals surface area contributed by atoms with E-state index in [4.69, 9.17) is 18.6 Å². The van der Waals surface area contributed by atoms with Crippen molar-refractivity contribution in [2.45, 2.75) is 19.8 Å². The summed E-state index contributed by atoms with van der Waals surface area (Å²) in [4.78, 5) is 10.6. The van der Waals surface area contributed by atoms with E-state index in [2.05, 4.69) is 0 Å². The van der Waals surface area contributed by atoms with Crippen molar-refractivity contribution in [2.75, 3.05) is 13.2 Å². The zero-order chi connectivity index (χ0) is 10.7. The summed E-state index contributed by atoms with van der Waals surface area (Å²) in [6.45, 7) is 2.64. The Morgan fingerprint density at radius 3 is 2.87 bits per heavy atom. The van der Waals surface area contributed by atoms with E-state index in [0.717, 1.165) is 0 Å². The molecule has 0 unspecified atom stereocenters. The van der Waals surface area contributed by atoms with Gasteiger partial charge in [-0.3, -0.25) is 4.79 Å². The molecule has 0 radical (unpaired) electrons. The topological polar surface area (TPSA) is 57.9 Å². The highest BCUT2D eigenvalue weighted by Gasteiger charge is 2.21. The maximum absolute atomic E-state index is 10.6. The van der Waals surface area contributed by atoms with Gasteiger partial charge in [-0.05, 0) is 12.1 Å². The van der Waals surface area contributed by atoms with Crippen LogP contribution in [0.3, 0.4) is 0 Å². The van der Waals surface area contributed by atoms with Crippen LogP contribution in [0.4, 0.5) is 0 Å². The number of carbonyl (C=O) groups is 1. The van der Waals surface area contributed by atoms with Crippen LogP contribution in [0.5, 0.6) is 0 Å². The predicted molar refractivity (Wildman–Crippen MR) is 48.8 cm³/mol. The third-order valence-corrected chi connectivity index (χ3v) is 1.95. The van der Waals surface area contributed by atoms with Crippen LogP contribution in [-0.4, -0.2) is 19.2 Å². The maximum Gasteiger partial charge on any atom is 0.303 e. The molecule has 15 heavy (non-hydrogen) atoms. The van der Waals surface area contributed by atoms with Gasteiger partial charge in [-0.15, -0.1) is 0 Å². The summed E-state index contributed by atoms with van der Waals surface area (Å²) in [5, 5.41) is 0. The van der Waals surface area contributed by atoms with Gasteiger partial charge < -0.3 is 18.6 Å². The summed E-state index contributed by atoms with van der Waals surface area (Å²) >= 11 is 0. The van der Waals surface area contributed by atoms with Crippen LogP contribution in [-0.2, 0) is 25.6 Å². The van der Waals surface area contributed by atoms with E-state index in [1.54, 1.807) is 12.1 Å². The molecule has 0 atom stereocenters. The number of furan rings is 1. The minimum Gasteiger partial charge on any atom is -0.458 e. The van der Waals surface area contributed by atoms with Gasteiger partial charge in [0, 0.05) is 6.92 Å². The monoisotopic (exact) mass is 212 g/mol. The lowest BCUT2D eigenvalue weighted by Crippen LogP contribution is -1.98. The first-order valence-electron chi connectivity index (χ1n) is 4.71. The van der Waals surface area contributed by atoms with Crippen LogP contribution >= 0.6 is 0 Å². The standard InChI is InChI=1S/C10H12O5/c1-7(11)14-6-8-2-3-9(15-8)10-12-4-5-13-10/h2-3,10H,4-6H2,1H3. The Morgan fingerprint density at radius 1 is 1.47 bits per heavy atom. The second kappa shape index (κ2) is 4.46. The molecule has 5 heteroatoms. The molecule has 5 nitrogen and oxygen atoms in total. The molecule has 0 N–H and O–H groups in total. The van der Waals surface area contributed by atoms with E-state index in [-0.39, 0.29) is 12.6 Å². The Morgan fingerprint density at radius 2 is 2.20 bits per heavy atom. The van der Waals surface area contributed by atoms with Gasteiger partial charge in [0.15, 0.2) is 5.76 Å². The van der Waals surface area contributed by atoms with Crippen molar-refractivity contribution in [3.63, 3.8) is 0 Å². The number of carbonyl (C=O) groups excluding carboxylic acids is 1. The largest absolute Gasteiger partial charge is 0.458 e. The molecule has 1 aromatic heterocycles. The molecule has 0 spiro atoms. The summed E-state index contributed by atoms with van der Waals surface area (Å²) < 4.78 is 20.7. The SMILES string of the molecule is CC(=O)OCc1ccc(C2OCCO2)o1. The normalized spacial score (nSPS) is 16.9. The number of hydrogen-bond donors (Lipinski definition) is 0. The molecule has 82 valence electrons. The molecule has 1 aliphatic heterocycles. The molecule has 0 aromatic carbocycles. The fraction of sp³-hybridized carbons (Fsp3) is 0.500. The summed E-state index contributed by atoms with van der Waals surface area (Å²) in [5.41, 5.74) is 0. The number of esters is 1. The molecular weight excluding hydrogens is 200 g/mol. The lowest BCUT2D eigenvalue weighted by atomic mass is 10.4. The van der Waals surface area contributed by atoms with E-state index in [1.165, 1.54) is 6.92 Å². The quantitative estimate of drug-likeness (QED) is 0.708. The average molecular weight is 212 g/mol. The van der Waals surface area contributed by atoms with Crippen LogP contribution in [0.1, 0.15) is 24.7 Å². The van der Waals surface area contributed by atoms with Gasteiger partial charge in [-0.2, -0.15) is 0 Å². The van der Waals surface area contributed by atoms with Crippen molar-refractivity contribution in [1.29, 1.82) is 0 Å². The summed E-state index contributed by atoms with van der Waals surface area (Å²) in [6, 6.07) is 3.50. The summed E-state index contributed by atoms with van der Waals surface area (Å²) in [6.07, 6.45) is -0.420. The molecular formula is C10H12O5. The van der Waals surface area contributed by atoms with E-state index in [0.29, 0.717) is 24.7 Å². The Balaban J connectivity index is 1.94. The lowest BCUT2D eigenvalue weighted by Gasteiger charge is -2.04. The molecule has 1 aliphatic rings. The van der Waals surface area contributed by atoms with Gasteiger partial charge in [0.1, 0.15) is 12.4 Å². The van der Waals surface area contributed by atoms with Crippen molar-refractivity contribution >= 4 is 5.97 Å². The van der Waals surface area contributed by atoms with Gasteiger partial charge >= 0.3 is 5.97 Å². The fourth-order valence-electron chi connectivity index (χ4n) is 1.29. The Kier molecular flexibility index (Phi) is 3.03. The highest BCUT2D eigenvalue weighted by atomic mass is 16.7. The van der Waals surface area contributed by atoms with Crippen molar-refractivity contribution in [2.24, 2.45) is 0 Å². The molecule has 1 saturated heterocycles. The molecule has 1 fully saturated rings. The van der Waals surface area contributed by atoms with E-state index in [1.807, 2.05) is 0 Å². The van der Waals surface area contributed by atoms with Crippen LogP contribution in [0.25, 0.3) is 0 Å². The van der Waals surface area contributed by atoms with Crippen molar-refractivity contribution in [3.05, 3.63) is 23.7 Å². The molecule has 2 rings (SSSR count). The highest BCUT2D eigenvalue weighted by molar-refractivity contribution is 5.65. The average Bonchev–Trinajstić information content (AvgIpc) is 2.85. The molecule has 1 aromatic rings. The Bertz CT molecular complexity index is 337. The van der Waals surface area contributed by atoms with Gasteiger partial charge in [0.25, 0.3) is 0 Å². The Labute approximate surface area is 86.9 Å². The van der Waals surface area contributed by atoms with Crippen LogP contribution in [0, 0.1) is 0 Å². The first kappa shape index (κ1) is 10.2. The summed E-state index contributed by atoms with van der Waals surface area (Å²) in [5.74, 6) is 0.857. The van der Waals surface area contributed by atoms with Crippen LogP contribution in [0.15, 0.2) is 16.5 Å². The van der Waals surface area contributed by atoms with E-state index >= 15 is 0 Å². The number of hydrogen-bond acceptors (Lipinski definition) is 5. The van der Waals surface area contributed by atoms with E-state index in [9.17, 15) is 4.79 Å². The minimum atomic E-state index is -0.420. The Hall–Kier alpha value is -1.33. The smallest absolute Gasteiger partial charge is 0.303 e. The van der Waals surface area contributed by atoms with Crippen molar-refractivity contribution < 1.29 is 23.4 Å². The molecule has 0 amide bonds. The van der Waals surface area contributed by atoms with Crippen molar-refractivity contribution in [1.82, 2.24) is 0 Å². The van der Waals surface area contributed by atoms with Gasteiger partial charge in [0.05, 0.1) is 13.2 Å². The van der Waals surface area contributed by atoms with Gasteiger partial charge in [-0.1, -0.05) is 0 Å². The van der Waals surface area contributed by atoms with Gasteiger partial charge in [-0.25, -0.2) is 0 Å². The lowest BCUT2D eigenvalue weighted by molar-refractivity contribution is -0.142. The predicted octanol–water partition coefficient (Wildman–Crippen LogP) is 1.39. The first-order chi connectivity index (χ1) is 7.25. The maximum atomic E-state index is 10.6. The van der Waals surface area contributed by atoms with E-state index < -0.39 is 6.29 Å². The molecule has 0 saturated carbocycles. The fourth-order valence-corrected chi connectivity index (χ4v) is 1.29. The third kappa shape index (κ3) is 2.57.